The van der Waals surface area contributed by atoms with Gasteiger partial charge in [0.15, 0.2) is 0 Å². The van der Waals surface area contributed by atoms with Gasteiger partial charge in [-0.2, -0.15) is 0 Å². The Morgan fingerprint density at radius 1 is 0.950 bits per heavy atom. The van der Waals surface area contributed by atoms with E-state index in [0.717, 1.165) is 30.0 Å². The lowest BCUT2D eigenvalue weighted by atomic mass is 10.1. The number of aromatic nitrogens is 2. The maximum atomic E-state index is 12.5. The summed E-state index contributed by atoms with van der Waals surface area (Å²) in [7, 11) is 0. The summed E-state index contributed by atoms with van der Waals surface area (Å²) in [5.74, 6) is -1.43. The van der Waals surface area contributed by atoms with Crippen LogP contribution in [0.1, 0.15) is 53.0 Å². The molecule has 3 aromatic rings. The van der Waals surface area contributed by atoms with E-state index in [0.29, 0.717) is 57.2 Å². The number of amides is 1. The zero-order valence-electron chi connectivity index (χ0n) is 22.8. The van der Waals surface area contributed by atoms with E-state index < -0.39 is 17.9 Å². The molecule has 0 bridgehead atoms. The Balaban J connectivity index is 0.000000547. The van der Waals surface area contributed by atoms with Crippen LogP contribution in [-0.4, -0.2) is 58.8 Å². The van der Waals surface area contributed by atoms with Crippen LogP contribution in [0.15, 0.2) is 73.1 Å². The van der Waals surface area contributed by atoms with Crippen LogP contribution >= 0.6 is 0 Å². The van der Waals surface area contributed by atoms with Gasteiger partial charge >= 0.3 is 5.97 Å². The molecule has 0 spiro atoms. The van der Waals surface area contributed by atoms with Crippen molar-refractivity contribution < 1.29 is 19.4 Å². The summed E-state index contributed by atoms with van der Waals surface area (Å²) in [6.07, 6.45) is 7.18. The van der Waals surface area contributed by atoms with Crippen LogP contribution in [0.4, 0.5) is 0 Å². The molecule has 0 aliphatic carbocycles. The van der Waals surface area contributed by atoms with Gasteiger partial charge in [-0.3, -0.25) is 14.8 Å². The SMILES string of the molecule is NCC1CCCO1.O=C(N[C@@H](CCCNCc1ccccn1)C(=O)O)c1ccc(CNCc2ccccn2)cc1. The first-order valence-electron chi connectivity index (χ1n) is 13.7. The largest absolute Gasteiger partial charge is 0.480 e. The Bertz CT molecular complexity index is 1130. The lowest BCUT2D eigenvalue weighted by molar-refractivity contribution is -0.139. The van der Waals surface area contributed by atoms with Crippen LogP contribution in [0.25, 0.3) is 0 Å². The van der Waals surface area contributed by atoms with Crippen molar-refractivity contribution in [1.29, 1.82) is 0 Å². The zero-order valence-corrected chi connectivity index (χ0v) is 22.8. The highest BCUT2D eigenvalue weighted by molar-refractivity contribution is 5.96. The minimum absolute atomic E-state index is 0.339. The van der Waals surface area contributed by atoms with E-state index >= 15 is 0 Å². The molecular weight excluding hydrogens is 508 g/mol. The second-order valence-corrected chi connectivity index (χ2v) is 9.50. The van der Waals surface area contributed by atoms with Crippen LogP contribution in [0.3, 0.4) is 0 Å². The third-order valence-corrected chi connectivity index (χ3v) is 6.35. The van der Waals surface area contributed by atoms with Crippen molar-refractivity contribution in [3.05, 3.63) is 95.6 Å². The molecule has 3 heterocycles. The highest BCUT2D eigenvalue weighted by atomic mass is 16.5. The van der Waals surface area contributed by atoms with Gasteiger partial charge in [0.25, 0.3) is 5.91 Å². The molecule has 1 amide bonds. The normalized spacial score (nSPS) is 15.1. The van der Waals surface area contributed by atoms with Crippen molar-refractivity contribution in [2.75, 3.05) is 19.7 Å². The molecule has 0 saturated carbocycles. The predicted octanol–water partition coefficient (Wildman–Crippen LogP) is 2.64. The number of nitrogens with one attached hydrogen (secondary N) is 3. The number of hydrogen-bond acceptors (Lipinski definition) is 8. The zero-order chi connectivity index (χ0) is 28.4. The monoisotopic (exact) mass is 548 g/mol. The number of carbonyl (C=O) groups excluding carboxylic acids is 1. The highest BCUT2D eigenvalue weighted by Gasteiger charge is 2.20. The third kappa shape index (κ3) is 11.6. The molecule has 1 aromatic carbocycles. The molecule has 1 aliphatic heterocycles. The van der Waals surface area contributed by atoms with Crippen LogP contribution in [0.2, 0.25) is 0 Å². The summed E-state index contributed by atoms with van der Waals surface area (Å²) in [6, 6.07) is 17.7. The molecule has 2 aromatic heterocycles. The van der Waals surface area contributed by atoms with Gasteiger partial charge in [0.2, 0.25) is 0 Å². The fraction of sp³-hybridized carbons (Fsp3) is 0.400. The molecule has 2 atom stereocenters. The Morgan fingerprint density at radius 2 is 1.62 bits per heavy atom. The first-order valence-corrected chi connectivity index (χ1v) is 13.7. The average Bonchev–Trinajstić information content (AvgIpc) is 3.52. The lowest BCUT2D eigenvalue weighted by Crippen LogP contribution is -2.41. The number of carboxylic acid groups (broad SMARTS) is 1. The number of pyridine rings is 2. The van der Waals surface area contributed by atoms with Gasteiger partial charge in [-0.1, -0.05) is 24.3 Å². The molecular formula is C30H40N6O4. The number of ether oxygens (including phenoxy) is 1. The van der Waals surface area contributed by atoms with Gasteiger partial charge < -0.3 is 31.5 Å². The summed E-state index contributed by atoms with van der Waals surface area (Å²) >= 11 is 0. The summed E-state index contributed by atoms with van der Waals surface area (Å²) in [6.45, 7) is 4.16. The predicted molar refractivity (Wildman–Crippen MR) is 153 cm³/mol. The maximum Gasteiger partial charge on any atom is 0.326 e. The standard InChI is InChI=1S/C25H29N5O3.C5H11NO/c31-24(20-11-9-19(10-12-20)16-27-18-22-7-2-4-15-29-22)30-23(25(32)33)8-5-13-26-17-21-6-1-3-14-28-21;6-4-5-2-1-3-7-5/h1-4,6-7,9-12,14-15,23,26-27H,5,8,13,16-18H2,(H,30,31)(H,32,33);5H,1-4,6H2/t23-;/m0./s1. The Morgan fingerprint density at radius 3 is 2.15 bits per heavy atom. The second-order valence-electron chi connectivity index (χ2n) is 9.50. The number of nitrogens with zero attached hydrogens (tertiary/aromatic N) is 2. The smallest absolute Gasteiger partial charge is 0.326 e. The van der Waals surface area contributed by atoms with E-state index in [2.05, 4.69) is 25.9 Å². The van der Waals surface area contributed by atoms with E-state index in [1.807, 2.05) is 48.5 Å². The fourth-order valence-corrected chi connectivity index (χ4v) is 4.09. The van der Waals surface area contributed by atoms with Gasteiger partial charge in [-0.25, -0.2) is 4.79 Å². The van der Waals surface area contributed by atoms with Crippen LogP contribution in [-0.2, 0) is 29.2 Å². The maximum absolute atomic E-state index is 12.5. The molecule has 40 heavy (non-hydrogen) atoms. The topological polar surface area (TPSA) is 151 Å². The molecule has 10 nitrogen and oxygen atoms in total. The van der Waals surface area contributed by atoms with Gasteiger partial charge in [-0.15, -0.1) is 0 Å². The van der Waals surface area contributed by atoms with E-state index in [9.17, 15) is 14.7 Å². The highest BCUT2D eigenvalue weighted by Crippen LogP contribution is 2.09. The Kier molecular flexibility index (Phi) is 13.7. The minimum atomic E-state index is -1.04. The molecule has 0 radical (unpaired) electrons. The van der Waals surface area contributed by atoms with Gasteiger partial charge in [-0.05, 0) is 74.2 Å². The molecule has 6 N–H and O–H groups in total. The van der Waals surface area contributed by atoms with Crippen molar-refractivity contribution >= 4 is 11.9 Å². The Labute approximate surface area is 235 Å². The van der Waals surface area contributed by atoms with Gasteiger partial charge in [0.1, 0.15) is 6.04 Å². The van der Waals surface area contributed by atoms with Crippen molar-refractivity contribution in [2.45, 2.75) is 57.5 Å². The first kappa shape index (κ1) is 30.8. The lowest BCUT2D eigenvalue weighted by Gasteiger charge is -2.15. The van der Waals surface area contributed by atoms with Gasteiger partial charge in [0.05, 0.1) is 17.5 Å². The Hall–Kier alpha value is -3.70. The van der Waals surface area contributed by atoms with E-state index in [1.165, 1.54) is 6.42 Å². The van der Waals surface area contributed by atoms with Crippen LogP contribution in [0, 0.1) is 0 Å². The molecule has 1 fully saturated rings. The van der Waals surface area contributed by atoms with Crippen LogP contribution < -0.4 is 21.7 Å². The van der Waals surface area contributed by atoms with Crippen molar-refractivity contribution in [3.63, 3.8) is 0 Å². The molecule has 10 heteroatoms. The summed E-state index contributed by atoms with van der Waals surface area (Å²) in [5, 5.41) is 18.6. The van der Waals surface area contributed by atoms with Crippen molar-refractivity contribution in [1.82, 2.24) is 25.9 Å². The third-order valence-electron chi connectivity index (χ3n) is 6.35. The summed E-state index contributed by atoms with van der Waals surface area (Å²) in [4.78, 5) is 32.6. The number of carboxylic acids is 1. The number of carbonyl (C=O) groups is 2. The van der Waals surface area contributed by atoms with Crippen LogP contribution in [0.5, 0.6) is 0 Å². The fourth-order valence-electron chi connectivity index (χ4n) is 4.09. The van der Waals surface area contributed by atoms with Gasteiger partial charge in [0, 0.05) is 50.7 Å². The van der Waals surface area contributed by atoms with E-state index in [-0.39, 0.29) is 0 Å². The molecule has 214 valence electrons. The first-order chi connectivity index (χ1) is 19.5. The van der Waals surface area contributed by atoms with Crippen molar-refractivity contribution in [3.8, 4) is 0 Å². The number of rotatable bonds is 14. The molecule has 1 aliphatic rings. The molecule has 1 saturated heterocycles. The van der Waals surface area contributed by atoms with E-state index in [4.69, 9.17) is 10.5 Å². The number of benzene rings is 1. The average molecular weight is 549 g/mol. The van der Waals surface area contributed by atoms with Crippen molar-refractivity contribution in [2.24, 2.45) is 5.73 Å². The number of nitrogens with two attached hydrogens (primary N) is 1. The summed E-state index contributed by atoms with van der Waals surface area (Å²) in [5.41, 5.74) is 8.65. The van der Waals surface area contributed by atoms with E-state index in [1.54, 1.807) is 24.5 Å². The minimum Gasteiger partial charge on any atom is -0.480 e. The summed E-state index contributed by atoms with van der Waals surface area (Å²) < 4.78 is 5.18. The molecule has 4 rings (SSSR count). The number of aliphatic carboxylic acids is 1. The number of hydrogen-bond donors (Lipinski definition) is 5. The second kappa shape index (κ2) is 17.8. The molecule has 1 unspecified atom stereocenters. The quantitative estimate of drug-likeness (QED) is 0.192.